The molecule has 0 spiro atoms. The van der Waals surface area contributed by atoms with Crippen LogP contribution >= 0.6 is 0 Å². The number of carbonyl (C=O) groups excluding carboxylic acids is 2. The lowest BCUT2D eigenvalue weighted by Crippen LogP contribution is -2.17. The van der Waals surface area contributed by atoms with Crippen LogP contribution in [0, 0.1) is 0 Å². The van der Waals surface area contributed by atoms with Gasteiger partial charge in [0.2, 0.25) is 5.91 Å². The van der Waals surface area contributed by atoms with Gasteiger partial charge in [-0.15, -0.1) is 0 Å². The van der Waals surface area contributed by atoms with Crippen LogP contribution in [0.2, 0.25) is 0 Å². The summed E-state index contributed by atoms with van der Waals surface area (Å²) in [5, 5.41) is 5.72. The molecule has 1 aromatic rings. The summed E-state index contributed by atoms with van der Waals surface area (Å²) in [5.41, 5.74) is 0.877. The van der Waals surface area contributed by atoms with Crippen molar-refractivity contribution in [1.29, 1.82) is 0 Å². The largest absolute Gasteiger partial charge is 0.462 e. The molecule has 19 heavy (non-hydrogen) atoms. The molecule has 0 saturated carbocycles. The van der Waals surface area contributed by atoms with Crippen molar-refractivity contribution in [2.24, 2.45) is 0 Å². The molecule has 0 fully saturated rings. The van der Waals surface area contributed by atoms with Crippen LogP contribution in [0.3, 0.4) is 0 Å². The van der Waals surface area contributed by atoms with E-state index in [2.05, 4.69) is 10.6 Å². The second-order valence-electron chi connectivity index (χ2n) is 4.02. The van der Waals surface area contributed by atoms with Gasteiger partial charge in [-0.25, -0.2) is 4.79 Å². The first-order chi connectivity index (χ1) is 9.19. The van der Waals surface area contributed by atoms with Gasteiger partial charge in [-0.3, -0.25) is 4.79 Å². The van der Waals surface area contributed by atoms with Crippen LogP contribution in [-0.2, 0) is 9.53 Å². The van der Waals surface area contributed by atoms with Gasteiger partial charge >= 0.3 is 5.97 Å². The molecule has 5 nitrogen and oxygen atoms in total. The highest BCUT2D eigenvalue weighted by molar-refractivity contribution is 6.01. The number of benzene rings is 1. The normalized spacial score (nSPS) is 10.0. The highest BCUT2D eigenvalue weighted by Gasteiger charge is 2.13. The molecule has 0 saturated heterocycles. The van der Waals surface area contributed by atoms with Crippen molar-refractivity contribution in [3.63, 3.8) is 0 Å². The summed E-state index contributed by atoms with van der Waals surface area (Å²) < 4.78 is 4.95. The van der Waals surface area contributed by atoms with Crippen molar-refractivity contribution in [3.05, 3.63) is 29.8 Å². The van der Waals surface area contributed by atoms with E-state index < -0.39 is 5.97 Å². The van der Waals surface area contributed by atoms with Gasteiger partial charge in [0.1, 0.15) is 0 Å². The number of hydrogen-bond donors (Lipinski definition) is 2. The minimum atomic E-state index is -0.423. The van der Waals surface area contributed by atoms with Gasteiger partial charge in [-0.1, -0.05) is 12.1 Å². The molecule has 1 rings (SSSR count). The molecular formula is C14H20N2O3. The Morgan fingerprint density at radius 2 is 2.00 bits per heavy atom. The van der Waals surface area contributed by atoms with Crippen LogP contribution in [0.5, 0.6) is 0 Å². The monoisotopic (exact) mass is 264 g/mol. The van der Waals surface area contributed by atoms with Crippen LogP contribution in [0.15, 0.2) is 24.3 Å². The van der Waals surface area contributed by atoms with Crippen molar-refractivity contribution in [2.45, 2.75) is 19.8 Å². The summed E-state index contributed by atoms with van der Waals surface area (Å²) in [6.07, 6.45) is 1.17. The number of carbonyl (C=O) groups is 2. The second kappa shape index (κ2) is 8.26. The molecule has 0 aromatic heterocycles. The number of para-hydroxylation sites is 1. The zero-order chi connectivity index (χ0) is 14.1. The van der Waals surface area contributed by atoms with E-state index in [9.17, 15) is 9.59 Å². The first-order valence-electron chi connectivity index (χ1n) is 6.39. The first kappa shape index (κ1) is 15.2. The third kappa shape index (κ3) is 5.09. The summed E-state index contributed by atoms with van der Waals surface area (Å²) >= 11 is 0. The average molecular weight is 264 g/mol. The van der Waals surface area contributed by atoms with E-state index >= 15 is 0 Å². The molecule has 2 N–H and O–H groups in total. The molecule has 0 atom stereocenters. The Morgan fingerprint density at radius 3 is 2.68 bits per heavy atom. The van der Waals surface area contributed by atoms with E-state index in [1.54, 1.807) is 31.2 Å². The van der Waals surface area contributed by atoms with Gasteiger partial charge in [0, 0.05) is 6.42 Å². The molecule has 0 unspecified atom stereocenters. The predicted octanol–water partition coefficient (Wildman–Crippen LogP) is 1.80. The zero-order valence-electron chi connectivity index (χ0n) is 11.4. The van der Waals surface area contributed by atoms with Gasteiger partial charge in [0.05, 0.1) is 17.9 Å². The molecule has 5 heteroatoms. The van der Waals surface area contributed by atoms with Crippen LogP contribution < -0.4 is 10.6 Å². The van der Waals surface area contributed by atoms with E-state index in [0.717, 1.165) is 13.0 Å². The molecule has 0 bridgehead atoms. The number of rotatable bonds is 7. The lowest BCUT2D eigenvalue weighted by atomic mass is 10.1. The van der Waals surface area contributed by atoms with Crippen molar-refractivity contribution in [3.8, 4) is 0 Å². The molecule has 0 aliphatic carbocycles. The third-order valence-corrected chi connectivity index (χ3v) is 2.53. The number of nitrogens with one attached hydrogen (secondary N) is 2. The molecule has 0 heterocycles. The lowest BCUT2D eigenvalue weighted by molar-refractivity contribution is -0.116. The Morgan fingerprint density at radius 1 is 1.26 bits per heavy atom. The third-order valence-electron chi connectivity index (χ3n) is 2.53. The molecule has 0 radical (unpaired) electrons. The van der Waals surface area contributed by atoms with E-state index in [1.807, 2.05) is 7.05 Å². The standard InChI is InChI=1S/C14H20N2O3/c1-3-19-14(18)11-7-4-5-8-12(11)16-13(17)9-6-10-15-2/h4-5,7-8,15H,3,6,9-10H2,1-2H3,(H,16,17). The summed E-state index contributed by atoms with van der Waals surface area (Å²) in [6, 6.07) is 6.85. The molecule has 1 aromatic carbocycles. The second-order valence-corrected chi connectivity index (χ2v) is 4.02. The Bertz CT molecular complexity index is 432. The smallest absolute Gasteiger partial charge is 0.340 e. The first-order valence-corrected chi connectivity index (χ1v) is 6.39. The SMILES string of the molecule is CCOC(=O)c1ccccc1NC(=O)CCCNC. The van der Waals surface area contributed by atoms with Crippen LogP contribution in [0.4, 0.5) is 5.69 Å². The Balaban J connectivity index is 2.67. The fraction of sp³-hybridized carbons (Fsp3) is 0.429. The Labute approximate surface area is 113 Å². The van der Waals surface area contributed by atoms with E-state index in [0.29, 0.717) is 24.3 Å². The average Bonchev–Trinajstić information content (AvgIpc) is 2.40. The van der Waals surface area contributed by atoms with Crippen molar-refractivity contribution >= 4 is 17.6 Å². The van der Waals surface area contributed by atoms with E-state index in [1.165, 1.54) is 0 Å². The summed E-state index contributed by atoms with van der Waals surface area (Å²) in [5.74, 6) is -0.527. The number of hydrogen-bond acceptors (Lipinski definition) is 4. The molecule has 1 amide bonds. The summed E-state index contributed by atoms with van der Waals surface area (Å²) in [4.78, 5) is 23.5. The maximum Gasteiger partial charge on any atom is 0.340 e. The molecular weight excluding hydrogens is 244 g/mol. The number of anilines is 1. The number of esters is 1. The lowest BCUT2D eigenvalue weighted by Gasteiger charge is -2.10. The van der Waals surface area contributed by atoms with Gasteiger partial charge in [-0.05, 0) is 39.1 Å². The quantitative estimate of drug-likeness (QED) is 0.582. The zero-order valence-corrected chi connectivity index (χ0v) is 11.4. The number of amides is 1. The van der Waals surface area contributed by atoms with Gasteiger partial charge in [0.25, 0.3) is 0 Å². The van der Waals surface area contributed by atoms with Gasteiger partial charge < -0.3 is 15.4 Å². The van der Waals surface area contributed by atoms with E-state index in [4.69, 9.17) is 4.74 Å². The van der Waals surface area contributed by atoms with E-state index in [-0.39, 0.29) is 5.91 Å². The van der Waals surface area contributed by atoms with Gasteiger partial charge in [0.15, 0.2) is 0 Å². The molecule has 104 valence electrons. The highest BCUT2D eigenvalue weighted by Crippen LogP contribution is 2.16. The van der Waals surface area contributed by atoms with Crippen LogP contribution in [0.1, 0.15) is 30.1 Å². The molecule has 0 aliphatic rings. The maximum absolute atomic E-state index is 11.7. The summed E-state index contributed by atoms with van der Waals surface area (Å²) in [7, 11) is 1.84. The van der Waals surface area contributed by atoms with Crippen LogP contribution in [0.25, 0.3) is 0 Å². The van der Waals surface area contributed by atoms with Crippen molar-refractivity contribution in [2.75, 3.05) is 25.5 Å². The van der Waals surface area contributed by atoms with Crippen LogP contribution in [-0.4, -0.2) is 32.1 Å². The highest BCUT2D eigenvalue weighted by atomic mass is 16.5. The summed E-state index contributed by atoms with van der Waals surface area (Å²) in [6.45, 7) is 2.84. The van der Waals surface area contributed by atoms with Gasteiger partial charge in [-0.2, -0.15) is 0 Å². The molecule has 0 aliphatic heterocycles. The predicted molar refractivity (Wildman–Crippen MR) is 74.2 cm³/mol. The Kier molecular flexibility index (Phi) is 6.60. The topological polar surface area (TPSA) is 67.4 Å². The minimum Gasteiger partial charge on any atom is -0.462 e. The fourth-order valence-electron chi connectivity index (χ4n) is 1.62. The minimum absolute atomic E-state index is 0.105. The van der Waals surface area contributed by atoms with Crippen molar-refractivity contribution in [1.82, 2.24) is 5.32 Å². The fourth-order valence-corrected chi connectivity index (χ4v) is 1.62. The number of ether oxygens (including phenoxy) is 1. The maximum atomic E-state index is 11.7. The van der Waals surface area contributed by atoms with Crippen molar-refractivity contribution < 1.29 is 14.3 Å². The Hall–Kier alpha value is -1.88.